The van der Waals surface area contributed by atoms with Crippen LogP contribution >= 0.6 is 11.3 Å². The number of rotatable bonds is 3. The summed E-state index contributed by atoms with van der Waals surface area (Å²) in [4.78, 5) is 7.07. The Bertz CT molecular complexity index is 2120. The molecule has 0 N–H and O–H groups in total. The number of anilines is 2. The van der Waals surface area contributed by atoms with E-state index in [-0.39, 0.29) is 27.3 Å². The second-order valence-electron chi connectivity index (χ2n) is 10.6. The molecule has 0 atom stereocenters. The van der Waals surface area contributed by atoms with Gasteiger partial charge in [0.25, 0.3) is 6.85 Å². The molecule has 0 aliphatic carbocycles. The molecule has 0 amide bonds. The van der Waals surface area contributed by atoms with Gasteiger partial charge in [0.15, 0.2) is 0 Å². The van der Waals surface area contributed by atoms with Crippen molar-refractivity contribution in [1.29, 1.82) is 0 Å². The average molecular weight is 659 g/mol. The quantitative estimate of drug-likeness (QED) is 0.149. The summed E-state index contributed by atoms with van der Waals surface area (Å²) in [6.07, 6.45) is 5.86. The second-order valence-corrected chi connectivity index (χ2v) is 11.4. The molecule has 0 spiro atoms. The summed E-state index contributed by atoms with van der Waals surface area (Å²) in [5.41, 5.74) is 13.6. The van der Waals surface area contributed by atoms with Crippen molar-refractivity contribution < 1.29 is 20.4 Å². The molecule has 4 nitrogen and oxygen atoms in total. The van der Waals surface area contributed by atoms with Crippen molar-refractivity contribution in [3.63, 3.8) is 0 Å². The van der Waals surface area contributed by atoms with Crippen LogP contribution in [0, 0.1) is 12.1 Å². The van der Waals surface area contributed by atoms with Gasteiger partial charge in [-0.2, -0.15) is 34.0 Å². The first-order valence-electron chi connectivity index (χ1n) is 13.9. The molecule has 204 valence electrons. The predicted molar refractivity (Wildman–Crippen MR) is 172 cm³/mol. The molecule has 0 bridgehead atoms. The molecule has 0 unspecified atom stereocenters. The summed E-state index contributed by atoms with van der Waals surface area (Å²) in [5, 5.41) is 7.74. The molecule has 0 radical (unpaired) electrons. The van der Waals surface area contributed by atoms with E-state index in [2.05, 4.69) is 125 Å². The molecule has 2 aromatic heterocycles. The van der Waals surface area contributed by atoms with Crippen LogP contribution in [0.1, 0.15) is 0 Å². The minimum atomic E-state index is -0.108. The third-order valence-corrected chi connectivity index (χ3v) is 9.06. The molecule has 0 saturated carbocycles. The van der Waals surface area contributed by atoms with Gasteiger partial charge in [-0.25, -0.2) is 0 Å². The van der Waals surface area contributed by atoms with Gasteiger partial charge < -0.3 is 4.81 Å². The summed E-state index contributed by atoms with van der Waals surface area (Å²) in [6.45, 7) is -0.108. The Balaban J connectivity index is 0.00000278. The SMILES string of the molecule is [Pd+2].[c-]1c(-c2nccs2)ccc2c1B1c3[c-]c(-n4cc(-c5ccccc5)cn4)ccc3-c3ccccc3N1c1ccccc1-2. The smallest absolute Gasteiger partial charge is 0.381 e. The Morgan fingerprint density at radius 3 is 2.05 bits per heavy atom. The Labute approximate surface area is 268 Å². The van der Waals surface area contributed by atoms with Gasteiger partial charge in [0.1, 0.15) is 0 Å². The van der Waals surface area contributed by atoms with Crippen LogP contribution in [0.3, 0.4) is 0 Å². The molecule has 5 aromatic carbocycles. The minimum Gasteiger partial charge on any atom is -0.381 e. The molecule has 7 heteroatoms. The van der Waals surface area contributed by atoms with Crippen molar-refractivity contribution in [2.24, 2.45) is 0 Å². The Morgan fingerprint density at radius 2 is 1.33 bits per heavy atom. The maximum atomic E-state index is 4.75. The van der Waals surface area contributed by atoms with Crippen molar-refractivity contribution in [3.8, 4) is 49.6 Å². The van der Waals surface area contributed by atoms with Crippen LogP contribution in [0.2, 0.25) is 0 Å². The maximum Gasteiger partial charge on any atom is 2.00 e. The zero-order valence-corrected chi connectivity index (χ0v) is 25.1. The number of nitrogens with zero attached hydrogens (tertiary/aromatic N) is 4. The van der Waals surface area contributed by atoms with Gasteiger partial charge in [-0.1, -0.05) is 72.3 Å². The van der Waals surface area contributed by atoms with E-state index in [0.717, 1.165) is 38.3 Å². The third kappa shape index (κ3) is 4.08. The molecule has 43 heavy (non-hydrogen) atoms. The van der Waals surface area contributed by atoms with Gasteiger partial charge in [0.2, 0.25) is 0 Å². The Hall–Kier alpha value is -4.53. The first kappa shape index (κ1) is 26.1. The van der Waals surface area contributed by atoms with Crippen molar-refractivity contribution in [3.05, 3.63) is 139 Å². The Kier molecular flexibility index (Phi) is 6.27. The number of thiazole rings is 1. The van der Waals surface area contributed by atoms with Gasteiger partial charge >= 0.3 is 20.4 Å². The van der Waals surface area contributed by atoms with Crippen LogP contribution < -0.4 is 15.7 Å². The zero-order valence-electron chi connectivity index (χ0n) is 22.7. The van der Waals surface area contributed by atoms with Crippen molar-refractivity contribution in [2.75, 3.05) is 4.81 Å². The van der Waals surface area contributed by atoms with Crippen molar-refractivity contribution in [2.45, 2.75) is 0 Å². The third-order valence-electron chi connectivity index (χ3n) is 8.25. The summed E-state index contributed by atoms with van der Waals surface area (Å²) < 4.78 is 1.93. The van der Waals surface area contributed by atoms with Crippen LogP contribution in [-0.4, -0.2) is 21.6 Å². The molecule has 0 fully saturated rings. The van der Waals surface area contributed by atoms with Gasteiger partial charge in [0.05, 0.1) is 6.20 Å². The fraction of sp³-hybridized carbons (Fsp3) is 0. The zero-order chi connectivity index (χ0) is 27.6. The second kappa shape index (κ2) is 10.3. The maximum absolute atomic E-state index is 4.75. The largest absolute Gasteiger partial charge is 2.00 e. The first-order chi connectivity index (χ1) is 20.8. The number of para-hydroxylation sites is 2. The van der Waals surface area contributed by atoms with Gasteiger partial charge in [-0.15, -0.1) is 46.4 Å². The van der Waals surface area contributed by atoms with Crippen molar-refractivity contribution in [1.82, 2.24) is 14.8 Å². The van der Waals surface area contributed by atoms with E-state index in [1.807, 2.05) is 28.5 Å². The van der Waals surface area contributed by atoms with Crippen LogP contribution in [0.15, 0.2) is 127 Å². The number of fused-ring (bicyclic) bond motifs is 11. The molecule has 2 aliphatic heterocycles. The summed E-state index contributed by atoms with van der Waals surface area (Å²) in [6, 6.07) is 44.1. The predicted octanol–water partition coefficient (Wildman–Crippen LogP) is 7.17. The molecule has 4 heterocycles. The van der Waals surface area contributed by atoms with Crippen LogP contribution in [0.5, 0.6) is 0 Å². The van der Waals surface area contributed by atoms with Crippen LogP contribution in [-0.2, 0) is 20.4 Å². The fourth-order valence-corrected chi connectivity index (χ4v) is 7.01. The summed E-state index contributed by atoms with van der Waals surface area (Å²) in [7, 11) is 0. The van der Waals surface area contributed by atoms with E-state index >= 15 is 0 Å². The molecule has 0 saturated heterocycles. The van der Waals surface area contributed by atoms with Gasteiger partial charge in [-0.05, 0) is 28.9 Å². The molecule has 7 aromatic rings. The standard InChI is InChI=1S/C36H21BN4S.Pd/c1-2-8-24(9-3-1)26-22-39-40(23-26)27-15-17-29-31-11-5-7-13-35(31)41-34-12-6-4-10-30(34)28-16-14-25(36-38-18-19-42-36)20-32(28)37(41)33(29)21-27;/h1-19,22-23H;/q-2;+2. The van der Waals surface area contributed by atoms with Crippen molar-refractivity contribution >= 4 is 40.5 Å². The fourth-order valence-electron chi connectivity index (χ4n) is 6.39. The van der Waals surface area contributed by atoms with Gasteiger partial charge in [0, 0.05) is 39.7 Å². The summed E-state index contributed by atoms with van der Waals surface area (Å²) in [5.74, 6) is 0. The number of hydrogen-bond donors (Lipinski definition) is 0. The molecule has 9 rings (SSSR count). The van der Waals surface area contributed by atoms with E-state index in [1.165, 1.54) is 33.6 Å². The molecule has 2 aliphatic rings. The molecular weight excluding hydrogens is 638 g/mol. The van der Waals surface area contributed by atoms with Gasteiger partial charge in [-0.3, -0.25) is 9.67 Å². The minimum absolute atomic E-state index is 0. The topological polar surface area (TPSA) is 34.0 Å². The first-order valence-corrected chi connectivity index (χ1v) is 14.8. The van der Waals surface area contributed by atoms with Crippen LogP contribution in [0.25, 0.3) is 49.6 Å². The summed E-state index contributed by atoms with van der Waals surface area (Å²) >= 11 is 1.64. The van der Waals surface area contributed by atoms with E-state index in [0.29, 0.717) is 0 Å². The average Bonchev–Trinajstić information content (AvgIpc) is 3.78. The van der Waals surface area contributed by atoms with E-state index in [9.17, 15) is 0 Å². The monoisotopic (exact) mass is 658 g/mol. The number of benzene rings is 5. The number of aromatic nitrogens is 3. The van der Waals surface area contributed by atoms with E-state index in [1.54, 1.807) is 11.3 Å². The number of hydrogen-bond acceptors (Lipinski definition) is 4. The molecular formula is C36H21BN4PdS. The van der Waals surface area contributed by atoms with E-state index < -0.39 is 0 Å². The Morgan fingerprint density at radius 1 is 0.651 bits per heavy atom. The van der Waals surface area contributed by atoms with E-state index in [4.69, 9.17) is 5.10 Å². The normalized spacial score (nSPS) is 12.4. The van der Waals surface area contributed by atoms with Crippen LogP contribution in [0.4, 0.5) is 11.4 Å².